The number of fused-ring (bicyclic) bond motifs is 1. The normalized spacial score (nSPS) is 18.0. The van der Waals surface area contributed by atoms with Crippen LogP contribution in [0.3, 0.4) is 0 Å². The van der Waals surface area contributed by atoms with Gasteiger partial charge in [-0.25, -0.2) is 13.8 Å². The summed E-state index contributed by atoms with van der Waals surface area (Å²) >= 11 is 0. The van der Waals surface area contributed by atoms with Gasteiger partial charge in [0.25, 0.3) is 0 Å². The van der Waals surface area contributed by atoms with Crippen LogP contribution < -0.4 is 4.90 Å². The zero-order valence-corrected chi connectivity index (χ0v) is 22.7. The number of aryl methyl sites for hydroxylation is 1. The van der Waals surface area contributed by atoms with Crippen LogP contribution in [0.25, 0.3) is 22.2 Å². The number of benzene rings is 2. The van der Waals surface area contributed by atoms with E-state index in [9.17, 15) is 4.79 Å². The quantitative estimate of drug-likeness (QED) is 0.168. The molecule has 4 aromatic rings. The number of ether oxygens (including phenoxy) is 1. The van der Waals surface area contributed by atoms with E-state index in [1.54, 1.807) is 49.5 Å². The van der Waals surface area contributed by atoms with E-state index in [0.29, 0.717) is 35.7 Å². The lowest BCUT2D eigenvalue weighted by atomic mass is 9.82. The topological polar surface area (TPSA) is 65.2 Å². The number of amides is 1. The number of carbonyl (C=O) groups is 1. The molecule has 7 nitrogen and oxygen atoms in total. The van der Waals surface area contributed by atoms with Crippen molar-refractivity contribution in [2.45, 2.75) is 45.4 Å². The lowest BCUT2D eigenvalue weighted by Gasteiger charge is -2.46. The molecule has 2 atom stereocenters. The fourth-order valence-electron chi connectivity index (χ4n) is 4.75. The maximum atomic E-state index is 15.3. The number of nitrogens with zero attached hydrogens (tertiary/aromatic N) is 5. The number of β-lactam (4-membered cyclic amide) rings is 1. The molecule has 1 aliphatic rings. The lowest BCUT2D eigenvalue weighted by molar-refractivity contribution is -0.129. The second-order valence-electron chi connectivity index (χ2n) is 10.9. The van der Waals surface area contributed by atoms with E-state index in [2.05, 4.69) is 29.7 Å². The summed E-state index contributed by atoms with van der Waals surface area (Å²) in [5.74, 6) is -2.11. The van der Waals surface area contributed by atoms with Crippen LogP contribution in [-0.4, -0.2) is 39.9 Å². The molecular weight excluding hydrogens is 492 g/mol. The van der Waals surface area contributed by atoms with Gasteiger partial charge in [0.05, 0.1) is 35.5 Å². The molecule has 1 aliphatic heterocycles. The standard InChI is InChI=1S/C27H31F2N5O2Si/c1-17-26(25-21(28)10-18(11-22(25)29)19-13-31-32(2)14-19)34(27(17)35)20-6-7-24-23(12-20)30-15-33(24)16-36-8-9-37(3,4)5/h6-7,10-15,17,26H,8-9,16H2,1-5H3/t17-,26?/m1/s1. The van der Waals surface area contributed by atoms with E-state index in [-0.39, 0.29) is 11.5 Å². The Morgan fingerprint density at radius 1 is 1.08 bits per heavy atom. The number of hydrogen-bond donors (Lipinski definition) is 0. The van der Waals surface area contributed by atoms with Crippen molar-refractivity contribution < 1.29 is 18.3 Å². The highest BCUT2D eigenvalue weighted by molar-refractivity contribution is 6.76. The van der Waals surface area contributed by atoms with Crippen molar-refractivity contribution in [3.05, 3.63) is 66.3 Å². The van der Waals surface area contributed by atoms with Crippen molar-refractivity contribution in [3.63, 3.8) is 0 Å². The van der Waals surface area contributed by atoms with Crippen molar-refractivity contribution in [3.8, 4) is 11.1 Å². The van der Waals surface area contributed by atoms with E-state index >= 15 is 8.78 Å². The molecule has 0 saturated carbocycles. The third kappa shape index (κ3) is 4.83. The third-order valence-electron chi connectivity index (χ3n) is 6.90. The number of aromatic nitrogens is 4. The van der Waals surface area contributed by atoms with Gasteiger partial charge >= 0.3 is 0 Å². The van der Waals surface area contributed by atoms with Crippen LogP contribution in [0.2, 0.25) is 25.7 Å². The number of halogens is 2. The van der Waals surface area contributed by atoms with Crippen molar-refractivity contribution in [1.29, 1.82) is 0 Å². The molecule has 3 heterocycles. The first-order chi connectivity index (χ1) is 17.5. The summed E-state index contributed by atoms with van der Waals surface area (Å²) in [6.07, 6.45) is 4.96. The summed E-state index contributed by atoms with van der Waals surface area (Å²) < 4.78 is 40.0. The molecule has 0 spiro atoms. The Balaban J connectivity index is 1.40. The minimum Gasteiger partial charge on any atom is -0.361 e. The highest BCUT2D eigenvalue weighted by Gasteiger charge is 2.48. The molecule has 2 aromatic heterocycles. The Labute approximate surface area is 215 Å². The average Bonchev–Trinajstić information content (AvgIpc) is 3.45. The fraction of sp³-hybridized carbons (Fsp3) is 0.370. The second kappa shape index (κ2) is 9.49. The first-order valence-electron chi connectivity index (χ1n) is 12.4. The molecule has 0 N–H and O–H groups in total. The van der Waals surface area contributed by atoms with Crippen LogP contribution >= 0.6 is 0 Å². The van der Waals surface area contributed by atoms with Crippen LogP contribution in [0.4, 0.5) is 14.5 Å². The summed E-state index contributed by atoms with van der Waals surface area (Å²) in [5.41, 5.74) is 3.02. The first-order valence-corrected chi connectivity index (χ1v) is 16.1. The SMILES string of the molecule is C[C@H]1C(=O)N(c2ccc3c(c2)ncn3COCC[Si](C)(C)C)C1c1c(F)cc(-c2cnn(C)c2)cc1F. The molecular formula is C27H31F2N5O2Si. The van der Waals surface area contributed by atoms with Crippen molar-refractivity contribution in [2.75, 3.05) is 11.5 Å². The molecule has 1 amide bonds. The summed E-state index contributed by atoms with van der Waals surface area (Å²) in [6, 6.07) is 8.37. The Hall–Kier alpha value is -3.37. The Bertz CT molecular complexity index is 1450. The van der Waals surface area contributed by atoms with E-state index in [1.807, 2.05) is 10.6 Å². The molecule has 1 unspecified atom stereocenters. The number of carbonyl (C=O) groups excluding carboxylic acids is 1. The van der Waals surface area contributed by atoms with Gasteiger partial charge in [0.2, 0.25) is 5.91 Å². The highest BCUT2D eigenvalue weighted by Crippen LogP contribution is 2.46. The van der Waals surface area contributed by atoms with E-state index < -0.39 is 31.7 Å². The summed E-state index contributed by atoms with van der Waals surface area (Å²) in [7, 11) is 0.572. The average molecular weight is 524 g/mol. The number of anilines is 1. The predicted octanol–water partition coefficient (Wildman–Crippen LogP) is 5.75. The molecule has 1 fully saturated rings. The van der Waals surface area contributed by atoms with Gasteiger partial charge in [-0.1, -0.05) is 26.6 Å². The molecule has 37 heavy (non-hydrogen) atoms. The van der Waals surface area contributed by atoms with Gasteiger partial charge in [0.1, 0.15) is 18.4 Å². The van der Waals surface area contributed by atoms with Crippen LogP contribution in [0.5, 0.6) is 0 Å². The Morgan fingerprint density at radius 3 is 2.46 bits per heavy atom. The zero-order chi connectivity index (χ0) is 26.5. The molecule has 0 aliphatic carbocycles. The number of hydrogen-bond acceptors (Lipinski definition) is 4. The Morgan fingerprint density at radius 2 is 1.81 bits per heavy atom. The van der Waals surface area contributed by atoms with Gasteiger partial charge in [0.15, 0.2) is 0 Å². The Kier molecular flexibility index (Phi) is 6.49. The third-order valence-corrected chi connectivity index (χ3v) is 8.61. The highest BCUT2D eigenvalue weighted by atomic mass is 28.3. The fourth-order valence-corrected chi connectivity index (χ4v) is 5.51. The minimum atomic E-state index is -1.17. The largest absolute Gasteiger partial charge is 0.361 e. The van der Waals surface area contributed by atoms with Gasteiger partial charge in [0, 0.05) is 44.7 Å². The smallest absolute Gasteiger partial charge is 0.232 e. The van der Waals surface area contributed by atoms with Crippen LogP contribution in [0.1, 0.15) is 18.5 Å². The second-order valence-corrected chi connectivity index (χ2v) is 16.6. The van der Waals surface area contributed by atoms with Crippen LogP contribution in [-0.2, 0) is 23.3 Å². The first kappa shape index (κ1) is 25.3. The van der Waals surface area contributed by atoms with Crippen molar-refractivity contribution in [2.24, 2.45) is 13.0 Å². The van der Waals surface area contributed by atoms with Gasteiger partial charge in [-0.05, 0) is 41.9 Å². The molecule has 0 bridgehead atoms. The maximum absolute atomic E-state index is 15.3. The molecule has 2 aromatic carbocycles. The summed E-state index contributed by atoms with van der Waals surface area (Å²) in [4.78, 5) is 18.8. The molecule has 194 valence electrons. The molecule has 1 saturated heterocycles. The van der Waals surface area contributed by atoms with Gasteiger partial charge < -0.3 is 14.2 Å². The maximum Gasteiger partial charge on any atom is 0.232 e. The summed E-state index contributed by atoms with van der Waals surface area (Å²) in [5, 5.41) is 4.07. The van der Waals surface area contributed by atoms with Gasteiger partial charge in [-0.3, -0.25) is 9.48 Å². The molecule has 0 radical (unpaired) electrons. The lowest BCUT2D eigenvalue weighted by Crippen LogP contribution is -2.54. The van der Waals surface area contributed by atoms with Crippen molar-refractivity contribution in [1.82, 2.24) is 19.3 Å². The van der Waals surface area contributed by atoms with Crippen LogP contribution in [0, 0.1) is 17.6 Å². The molecule has 10 heteroatoms. The van der Waals surface area contributed by atoms with E-state index in [0.717, 1.165) is 11.6 Å². The van der Waals surface area contributed by atoms with E-state index in [4.69, 9.17) is 4.74 Å². The monoisotopic (exact) mass is 523 g/mol. The predicted molar refractivity (Wildman–Crippen MR) is 142 cm³/mol. The summed E-state index contributed by atoms with van der Waals surface area (Å²) in [6.45, 7) is 9.71. The minimum absolute atomic E-state index is 0.110. The number of imidazole rings is 1. The number of rotatable bonds is 8. The van der Waals surface area contributed by atoms with Crippen LogP contribution in [0.15, 0.2) is 49.1 Å². The molecule has 5 rings (SSSR count). The van der Waals surface area contributed by atoms with Gasteiger partial charge in [-0.2, -0.15) is 5.10 Å². The van der Waals surface area contributed by atoms with Gasteiger partial charge in [-0.15, -0.1) is 0 Å². The zero-order valence-electron chi connectivity index (χ0n) is 21.7. The van der Waals surface area contributed by atoms with Crippen molar-refractivity contribution >= 4 is 30.7 Å². The van der Waals surface area contributed by atoms with E-state index in [1.165, 1.54) is 17.0 Å².